The zero-order valence-corrected chi connectivity index (χ0v) is 9.05. The van der Waals surface area contributed by atoms with Crippen LogP contribution in [0.5, 0.6) is 0 Å². The van der Waals surface area contributed by atoms with Gasteiger partial charge in [0.05, 0.1) is 6.61 Å². The largest absolute Gasteiger partial charge is 0.378 e. The quantitative estimate of drug-likeness (QED) is 0.652. The van der Waals surface area contributed by atoms with E-state index in [1.807, 2.05) is 0 Å². The van der Waals surface area contributed by atoms with Crippen molar-refractivity contribution >= 4 is 0 Å². The second-order valence-corrected chi connectivity index (χ2v) is 4.60. The van der Waals surface area contributed by atoms with Crippen molar-refractivity contribution < 1.29 is 9.47 Å². The number of methoxy groups -OCH3 is 1. The van der Waals surface area contributed by atoms with E-state index in [-0.39, 0.29) is 5.60 Å². The topological polar surface area (TPSA) is 30.5 Å². The second-order valence-electron chi connectivity index (χ2n) is 4.60. The molecule has 1 saturated heterocycles. The third kappa shape index (κ3) is 2.69. The first-order valence-corrected chi connectivity index (χ1v) is 5.68. The Kier molecular flexibility index (Phi) is 3.42. The second kappa shape index (κ2) is 4.60. The molecule has 2 fully saturated rings. The monoisotopic (exact) mass is 199 g/mol. The van der Waals surface area contributed by atoms with E-state index in [1.54, 1.807) is 7.11 Å². The van der Waals surface area contributed by atoms with Crippen LogP contribution in [0.15, 0.2) is 0 Å². The summed E-state index contributed by atoms with van der Waals surface area (Å²) in [5.41, 5.74) is -0.0381. The van der Waals surface area contributed by atoms with Gasteiger partial charge in [-0.2, -0.15) is 0 Å². The molecule has 1 atom stereocenters. The Morgan fingerprint density at radius 1 is 1.50 bits per heavy atom. The van der Waals surface area contributed by atoms with Crippen LogP contribution in [-0.4, -0.2) is 39.0 Å². The summed E-state index contributed by atoms with van der Waals surface area (Å²) >= 11 is 0. The van der Waals surface area contributed by atoms with Crippen LogP contribution in [0.4, 0.5) is 0 Å². The van der Waals surface area contributed by atoms with Crippen molar-refractivity contribution in [2.24, 2.45) is 5.92 Å². The zero-order valence-electron chi connectivity index (χ0n) is 9.05. The molecule has 0 aromatic rings. The van der Waals surface area contributed by atoms with Gasteiger partial charge >= 0.3 is 0 Å². The minimum Gasteiger partial charge on any atom is -0.378 e. The summed E-state index contributed by atoms with van der Waals surface area (Å²) in [6.07, 6.45) is 5.25. The summed E-state index contributed by atoms with van der Waals surface area (Å²) in [5, 5.41) is 3.49. The number of nitrogens with one attached hydrogen (secondary N) is 1. The summed E-state index contributed by atoms with van der Waals surface area (Å²) in [5.74, 6) is 1.01. The van der Waals surface area contributed by atoms with E-state index in [9.17, 15) is 0 Å². The van der Waals surface area contributed by atoms with E-state index < -0.39 is 0 Å². The number of hydrogen-bond acceptors (Lipinski definition) is 3. The van der Waals surface area contributed by atoms with Crippen molar-refractivity contribution in [2.45, 2.75) is 31.3 Å². The summed E-state index contributed by atoms with van der Waals surface area (Å²) in [6, 6.07) is 0. The van der Waals surface area contributed by atoms with Gasteiger partial charge in [-0.3, -0.25) is 0 Å². The average Bonchev–Trinajstić information content (AvgIpc) is 2.92. The van der Waals surface area contributed by atoms with Crippen LogP contribution in [0.25, 0.3) is 0 Å². The van der Waals surface area contributed by atoms with Gasteiger partial charge < -0.3 is 14.8 Å². The first-order chi connectivity index (χ1) is 6.85. The molecular formula is C11H21NO2. The lowest BCUT2D eigenvalue weighted by Gasteiger charge is -2.26. The molecule has 82 valence electrons. The Labute approximate surface area is 86.2 Å². The molecule has 0 aromatic heterocycles. The highest BCUT2D eigenvalue weighted by molar-refractivity contribution is 4.87. The third-order valence-corrected chi connectivity index (χ3v) is 3.37. The van der Waals surface area contributed by atoms with Gasteiger partial charge in [-0.05, 0) is 18.9 Å². The molecule has 0 radical (unpaired) electrons. The molecule has 1 N–H and O–H groups in total. The van der Waals surface area contributed by atoms with E-state index in [0.29, 0.717) is 0 Å². The van der Waals surface area contributed by atoms with Gasteiger partial charge in [0.1, 0.15) is 5.60 Å². The molecule has 14 heavy (non-hydrogen) atoms. The molecule has 1 heterocycles. The maximum Gasteiger partial charge on any atom is 0.106 e. The Bertz CT molecular complexity index is 174. The van der Waals surface area contributed by atoms with Crippen molar-refractivity contribution in [1.82, 2.24) is 5.32 Å². The fourth-order valence-electron chi connectivity index (χ4n) is 1.99. The average molecular weight is 199 g/mol. The molecule has 3 heteroatoms. The molecule has 2 rings (SSSR count). The van der Waals surface area contributed by atoms with Gasteiger partial charge in [0.15, 0.2) is 0 Å². The Hall–Kier alpha value is -0.120. The molecule has 0 amide bonds. The van der Waals surface area contributed by atoms with E-state index in [1.165, 1.54) is 19.3 Å². The van der Waals surface area contributed by atoms with E-state index in [4.69, 9.17) is 9.47 Å². The van der Waals surface area contributed by atoms with Gasteiger partial charge in [-0.1, -0.05) is 12.8 Å². The molecule has 1 unspecified atom stereocenters. The molecular weight excluding hydrogens is 178 g/mol. The molecule has 1 aliphatic carbocycles. The van der Waals surface area contributed by atoms with E-state index >= 15 is 0 Å². The molecule has 0 aromatic carbocycles. The van der Waals surface area contributed by atoms with Gasteiger partial charge in [-0.15, -0.1) is 0 Å². The minimum absolute atomic E-state index is 0.0381. The molecule has 1 saturated carbocycles. The Balaban J connectivity index is 1.61. The Morgan fingerprint density at radius 2 is 2.36 bits per heavy atom. The first-order valence-electron chi connectivity index (χ1n) is 5.68. The summed E-state index contributed by atoms with van der Waals surface area (Å²) < 4.78 is 10.9. The van der Waals surface area contributed by atoms with E-state index in [0.717, 1.165) is 38.6 Å². The smallest absolute Gasteiger partial charge is 0.106 e. The normalized spacial score (nSPS) is 32.4. The maximum absolute atomic E-state index is 5.53. The fourth-order valence-corrected chi connectivity index (χ4v) is 1.99. The van der Waals surface area contributed by atoms with Crippen LogP contribution in [0.3, 0.4) is 0 Å². The van der Waals surface area contributed by atoms with Crippen LogP contribution in [-0.2, 0) is 9.47 Å². The van der Waals surface area contributed by atoms with Crippen LogP contribution in [0.1, 0.15) is 25.7 Å². The number of rotatable bonds is 6. The highest BCUT2D eigenvalue weighted by atomic mass is 16.5. The third-order valence-electron chi connectivity index (χ3n) is 3.37. The van der Waals surface area contributed by atoms with Gasteiger partial charge in [0.25, 0.3) is 0 Å². The minimum atomic E-state index is -0.0381. The Morgan fingerprint density at radius 3 is 2.93 bits per heavy atom. The molecule has 0 bridgehead atoms. The lowest BCUT2D eigenvalue weighted by atomic mass is 10.0. The number of hydrogen-bond donors (Lipinski definition) is 1. The molecule has 2 aliphatic rings. The lowest BCUT2D eigenvalue weighted by molar-refractivity contribution is -0.0156. The van der Waals surface area contributed by atoms with Gasteiger partial charge in [0, 0.05) is 26.7 Å². The standard InChI is InChI=1S/C11H21NO2/c1-13-11(5-7-14-9-11)8-12-6-4-10-2-3-10/h10,12H,2-9H2,1H3. The predicted octanol–water partition coefficient (Wildman–Crippen LogP) is 1.18. The summed E-state index contributed by atoms with van der Waals surface area (Å²) in [7, 11) is 1.79. The van der Waals surface area contributed by atoms with Crippen LogP contribution < -0.4 is 5.32 Å². The van der Waals surface area contributed by atoms with Gasteiger partial charge in [-0.25, -0.2) is 0 Å². The SMILES string of the molecule is COC1(CNCCC2CC2)CCOC1. The predicted molar refractivity (Wildman–Crippen MR) is 55.4 cm³/mol. The molecule has 0 spiro atoms. The number of ether oxygens (including phenoxy) is 2. The fraction of sp³-hybridized carbons (Fsp3) is 1.00. The lowest BCUT2D eigenvalue weighted by Crippen LogP contribution is -2.43. The summed E-state index contributed by atoms with van der Waals surface area (Å²) in [4.78, 5) is 0. The zero-order chi connectivity index (χ0) is 9.86. The first kappa shape index (κ1) is 10.4. The maximum atomic E-state index is 5.53. The van der Waals surface area contributed by atoms with E-state index in [2.05, 4.69) is 5.32 Å². The van der Waals surface area contributed by atoms with Gasteiger partial charge in [0.2, 0.25) is 0 Å². The van der Waals surface area contributed by atoms with Crippen LogP contribution >= 0.6 is 0 Å². The van der Waals surface area contributed by atoms with Crippen LogP contribution in [0, 0.1) is 5.92 Å². The van der Waals surface area contributed by atoms with Crippen molar-refractivity contribution in [3.8, 4) is 0 Å². The van der Waals surface area contributed by atoms with Crippen molar-refractivity contribution in [2.75, 3.05) is 33.4 Å². The van der Waals surface area contributed by atoms with Crippen molar-refractivity contribution in [3.63, 3.8) is 0 Å². The van der Waals surface area contributed by atoms with Crippen molar-refractivity contribution in [3.05, 3.63) is 0 Å². The highest BCUT2D eigenvalue weighted by Gasteiger charge is 2.34. The molecule has 1 aliphatic heterocycles. The molecule has 3 nitrogen and oxygen atoms in total. The van der Waals surface area contributed by atoms with Crippen LogP contribution in [0.2, 0.25) is 0 Å². The van der Waals surface area contributed by atoms with Crippen molar-refractivity contribution in [1.29, 1.82) is 0 Å². The summed E-state index contributed by atoms with van der Waals surface area (Å²) in [6.45, 7) is 3.67. The highest BCUT2D eigenvalue weighted by Crippen LogP contribution is 2.31.